The minimum atomic E-state index is -0.194. The Kier molecular flexibility index (Phi) is 3.53. The largest absolute Gasteiger partial charge is 0.311 e. The molecule has 0 aliphatic rings. The van der Waals surface area contributed by atoms with E-state index in [0.29, 0.717) is 15.6 Å². The molecular formula is C13H10N4OS2. The highest BCUT2D eigenvalue weighted by Crippen LogP contribution is 2.28. The van der Waals surface area contributed by atoms with Crippen LogP contribution in [0.1, 0.15) is 15.4 Å². The van der Waals surface area contributed by atoms with Crippen molar-refractivity contribution in [2.45, 2.75) is 6.92 Å². The van der Waals surface area contributed by atoms with Crippen molar-refractivity contribution < 1.29 is 4.79 Å². The first-order valence-electron chi connectivity index (χ1n) is 5.85. The normalized spacial score (nSPS) is 10.4. The summed E-state index contributed by atoms with van der Waals surface area (Å²) in [6.45, 7) is 1.76. The molecule has 0 saturated heterocycles. The fraction of sp³-hybridized carbons (Fsp3) is 0.0769. The Morgan fingerprint density at radius 3 is 2.75 bits per heavy atom. The number of thiazole rings is 1. The SMILES string of the molecule is Cc1nnsc1C(=O)Nc1cnc(-c2ccccc2)s1. The number of anilines is 1. The first-order valence-corrected chi connectivity index (χ1v) is 7.44. The lowest BCUT2D eigenvalue weighted by atomic mass is 10.2. The van der Waals surface area contributed by atoms with Crippen LogP contribution in [-0.4, -0.2) is 20.5 Å². The third kappa shape index (κ3) is 2.59. The molecule has 0 aliphatic carbocycles. The molecule has 0 aliphatic heterocycles. The molecule has 1 aromatic carbocycles. The molecule has 0 fully saturated rings. The Labute approximate surface area is 123 Å². The van der Waals surface area contributed by atoms with E-state index >= 15 is 0 Å². The maximum atomic E-state index is 12.0. The first-order chi connectivity index (χ1) is 9.74. The van der Waals surface area contributed by atoms with Gasteiger partial charge in [0.1, 0.15) is 14.9 Å². The van der Waals surface area contributed by atoms with E-state index in [0.717, 1.165) is 22.1 Å². The lowest BCUT2D eigenvalue weighted by molar-refractivity contribution is 0.103. The van der Waals surface area contributed by atoms with Gasteiger partial charge in [0, 0.05) is 5.56 Å². The molecule has 0 radical (unpaired) electrons. The molecule has 0 atom stereocenters. The smallest absolute Gasteiger partial charge is 0.269 e. The van der Waals surface area contributed by atoms with Crippen molar-refractivity contribution >= 4 is 33.8 Å². The third-order valence-corrected chi connectivity index (χ3v) is 4.41. The Morgan fingerprint density at radius 1 is 1.25 bits per heavy atom. The van der Waals surface area contributed by atoms with Gasteiger partial charge in [-0.3, -0.25) is 4.79 Å². The molecule has 0 bridgehead atoms. The zero-order chi connectivity index (χ0) is 13.9. The molecule has 0 unspecified atom stereocenters. The fourth-order valence-electron chi connectivity index (χ4n) is 1.65. The van der Waals surface area contributed by atoms with E-state index in [1.165, 1.54) is 11.3 Å². The summed E-state index contributed by atoms with van der Waals surface area (Å²) in [7, 11) is 0. The van der Waals surface area contributed by atoms with Crippen LogP contribution in [0.2, 0.25) is 0 Å². The summed E-state index contributed by atoms with van der Waals surface area (Å²) < 4.78 is 3.76. The van der Waals surface area contributed by atoms with E-state index in [1.807, 2.05) is 30.3 Å². The Hall–Kier alpha value is -2.12. The lowest BCUT2D eigenvalue weighted by Gasteiger charge is -1.98. The van der Waals surface area contributed by atoms with Crippen LogP contribution in [0, 0.1) is 6.92 Å². The number of carbonyl (C=O) groups excluding carboxylic acids is 1. The molecule has 1 amide bonds. The van der Waals surface area contributed by atoms with Crippen LogP contribution in [0.4, 0.5) is 5.00 Å². The maximum Gasteiger partial charge on any atom is 0.269 e. The van der Waals surface area contributed by atoms with Crippen LogP contribution in [-0.2, 0) is 0 Å². The standard InChI is InChI=1S/C13H10N4OS2/c1-8-11(20-17-16-8)12(18)15-10-7-14-13(19-10)9-5-3-2-4-6-9/h2-7H,1H3,(H,15,18). The van der Waals surface area contributed by atoms with Gasteiger partial charge in [0.15, 0.2) is 0 Å². The molecule has 20 heavy (non-hydrogen) atoms. The number of benzene rings is 1. The van der Waals surface area contributed by atoms with Crippen molar-refractivity contribution in [3.05, 3.63) is 47.1 Å². The molecule has 2 aromatic heterocycles. The number of nitrogens with one attached hydrogen (secondary N) is 1. The second-order valence-electron chi connectivity index (χ2n) is 4.04. The zero-order valence-corrected chi connectivity index (χ0v) is 12.2. The second kappa shape index (κ2) is 5.48. The van der Waals surface area contributed by atoms with E-state index in [-0.39, 0.29) is 5.91 Å². The van der Waals surface area contributed by atoms with E-state index in [4.69, 9.17) is 0 Å². The quantitative estimate of drug-likeness (QED) is 0.806. The monoisotopic (exact) mass is 302 g/mol. The number of aromatic nitrogens is 3. The van der Waals surface area contributed by atoms with Crippen molar-refractivity contribution in [2.24, 2.45) is 0 Å². The van der Waals surface area contributed by atoms with E-state index < -0.39 is 0 Å². The van der Waals surface area contributed by atoms with Gasteiger partial charge in [-0.1, -0.05) is 46.2 Å². The summed E-state index contributed by atoms with van der Waals surface area (Å²) in [5.41, 5.74) is 1.67. The molecule has 3 aromatic rings. The Morgan fingerprint density at radius 2 is 2.05 bits per heavy atom. The van der Waals surface area contributed by atoms with Gasteiger partial charge >= 0.3 is 0 Å². The number of amides is 1. The van der Waals surface area contributed by atoms with E-state index in [9.17, 15) is 4.79 Å². The van der Waals surface area contributed by atoms with Gasteiger partial charge < -0.3 is 5.32 Å². The topological polar surface area (TPSA) is 67.8 Å². The van der Waals surface area contributed by atoms with Gasteiger partial charge in [-0.25, -0.2) is 4.98 Å². The molecule has 3 rings (SSSR count). The second-order valence-corrected chi connectivity index (χ2v) is 5.82. The number of aryl methyl sites for hydroxylation is 1. The fourth-order valence-corrected chi connectivity index (χ4v) is 3.02. The number of rotatable bonds is 3. The van der Waals surface area contributed by atoms with Crippen LogP contribution >= 0.6 is 22.9 Å². The lowest BCUT2D eigenvalue weighted by Crippen LogP contribution is -2.10. The highest BCUT2D eigenvalue weighted by Gasteiger charge is 2.14. The predicted octanol–water partition coefficient (Wildman–Crippen LogP) is 3.22. The van der Waals surface area contributed by atoms with Crippen LogP contribution in [0.25, 0.3) is 10.6 Å². The summed E-state index contributed by atoms with van der Waals surface area (Å²) in [4.78, 5) is 16.9. The average molecular weight is 302 g/mol. The van der Waals surface area contributed by atoms with Crippen molar-refractivity contribution in [3.63, 3.8) is 0 Å². The molecule has 0 saturated carbocycles. The van der Waals surface area contributed by atoms with Crippen molar-refractivity contribution in [2.75, 3.05) is 5.32 Å². The van der Waals surface area contributed by atoms with Crippen LogP contribution in [0.3, 0.4) is 0 Å². The van der Waals surface area contributed by atoms with Crippen molar-refractivity contribution in [3.8, 4) is 10.6 Å². The van der Waals surface area contributed by atoms with Gasteiger partial charge in [-0.15, -0.1) is 5.10 Å². The molecular weight excluding hydrogens is 292 g/mol. The molecule has 0 spiro atoms. The zero-order valence-electron chi connectivity index (χ0n) is 10.5. The minimum absolute atomic E-state index is 0.194. The van der Waals surface area contributed by atoms with Crippen LogP contribution in [0.5, 0.6) is 0 Å². The molecule has 100 valence electrons. The summed E-state index contributed by atoms with van der Waals surface area (Å²) in [5.74, 6) is -0.194. The number of hydrogen-bond donors (Lipinski definition) is 1. The van der Waals surface area contributed by atoms with Crippen molar-refractivity contribution in [1.82, 2.24) is 14.6 Å². The van der Waals surface area contributed by atoms with Crippen molar-refractivity contribution in [1.29, 1.82) is 0 Å². The molecule has 2 heterocycles. The van der Waals surface area contributed by atoms with Gasteiger partial charge in [-0.05, 0) is 18.5 Å². The predicted molar refractivity (Wildman–Crippen MR) is 80.1 cm³/mol. The Bertz CT molecular complexity index is 736. The maximum absolute atomic E-state index is 12.0. The van der Waals surface area contributed by atoms with E-state index in [1.54, 1.807) is 13.1 Å². The van der Waals surface area contributed by atoms with Gasteiger partial charge in [0.25, 0.3) is 5.91 Å². The van der Waals surface area contributed by atoms with Gasteiger partial charge in [0.05, 0.1) is 11.9 Å². The van der Waals surface area contributed by atoms with E-state index in [2.05, 4.69) is 19.9 Å². The minimum Gasteiger partial charge on any atom is -0.311 e. The summed E-state index contributed by atoms with van der Waals surface area (Å²) >= 11 is 2.53. The molecule has 5 nitrogen and oxygen atoms in total. The summed E-state index contributed by atoms with van der Waals surface area (Å²) in [5, 5.41) is 8.24. The number of hydrogen-bond acceptors (Lipinski definition) is 6. The Balaban J connectivity index is 1.78. The third-order valence-electron chi connectivity index (χ3n) is 2.62. The molecule has 1 N–H and O–H groups in total. The average Bonchev–Trinajstić information content (AvgIpc) is 3.09. The van der Waals surface area contributed by atoms with Gasteiger partial charge in [0.2, 0.25) is 0 Å². The number of nitrogens with zero attached hydrogens (tertiary/aromatic N) is 3. The van der Waals surface area contributed by atoms with Crippen LogP contribution < -0.4 is 5.32 Å². The number of carbonyl (C=O) groups is 1. The molecule has 7 heteroatoms. The highest BCUT2D eigenvalue weighted by molar-refractivity contribution is 7.19. The first kappa shape index (κ1) is 12.9. The summed E-state index contributed by atoms with van der Waals surface area (Å²) in [6, 6.07) is 9.85. The van der Waals surface area contributed by atoms with Crippen LogP contribution in [0.15, 0.2) is 36.5 Å². The summed E-state index contributed by atoms with van der Waals surface area (Å²) in [6.07, 6.45) is 1.66. The van der Waals surface area contributed by atoms with Gasteiger partial charge in [-0.2, -0.15) is 0 Å². The highest BCUT2D eigenvalue weighted by atomic mass is 32.1.